The van der Waals surface area contributed by atoms with Crippen molar-refractivity contribution >= 4 is 15.9 Å². The zero-order chi connectivity index (χ0) is 9.52. The van der Waals surface area contributed by atoms with Crippen LogP contribution in [0, 0.1) is 0 Å². The third kappa shape index (κ3) is 3.99. The van der Waals surface area contributed by atoms with Crippen LogP contribution in [-0.2, 0) is 0 Å². The molecule has 1 rings (SSSR count). The number of ether oxygens (including phenoxy) is 1. The zero-order valence-electron chi connectivity index (χ0n) is 7.11. The van der Waals surface area contributed by atoms with E-state index < -0.39 is 0 Å². The Balaban J connectivity index is 2.37. The molecular formula is C10H11BrO2. The maximum absolute atomic E-state index is 8.99. The highest BCUT2D eigenvalue weighted by Gasteiger charge is 1.90. The van der Waals surface area contributed by atoms with E-state index in [1.54, 1.807) is 24.3 Å². The smallest absolute Gasteiger partial charge is 0.120 e. The Morgan fingerprint density at radius 1 is 1.23 bits per heavy atom. The molecule has 0 aromatic heterocycles. The van der Waals surface area contributed by atoms with E-state index in [0.717, 1.165) is 11.1 Å². The van der Waals surface area contributed by atoms with Crippen molar-refractivity contribution < 1.29 is 9.84 Å². The third-order valence-corrected chi connectivity index (χ3v) is 1.81. The minimum absolute atomic E-state index is 0.253. The summed E-state index contributed by atoms with van der Waals surface area (Å²) in [6.07, 6.45) is 3.90. The molecule has 2 nitrogen and oxygen atoms in total. The first-order valence-corrected chi connectivity index (χ1v) is 5.08. The van der Waals surface area contributed by atoms with E-state index in [1.165, 1.54) is 0 Å². The summed E-state index contributed by atoms with van der Waals surface area (Å²) in [6.45, 7) is 0.552. The summed E-state index contributed by atoms with van der Waals surface area (Å²) < 4.78 is 5.34. The molecule has 3 heteroatoms. The Hall–Kier alpha value is -0.960. The Morgan fingerprint density at radius 2 is 1.92 bits per heavy atom. The Kier molecular flexibility index (Phi) is 4.40. The van der Waals surface area contributed by atoms with Crippen LogP contribution in [0.5, 0.6) is 11.5 Å². The van der Waals surface area contributed by atoms with E-state index in [0.29, 0.717) is 6.61 Å². The summed E-state index contributed by atoms with van der Waals surface area (Å²) in [5.41, 5.74) is 0. The molecule has 1 aromatic carbocycles. The topological polar surface area (TPSA) is 29.5 Å². The first-order chi connectivity index (χ1) is 6.33. The van der Waals surface area contributed by atoms with Gasteiger partial charge in [0.05, 0.1) is 0 Å². The maximum atomic E-state index is 8.99. The van der Waals surface area contributed by atoms with Gasteiger partial charge in [0.2, 0.25) is 0 Å². The van der Waals surface area contributed by atoms with Gasteiger partial charge in [-0.05, 0) is 24.3 Å². The van der Waals surface area contributed by atoms with Crippen molar-refractivity contribution in [3.05, 3.63) is 36.4 Å². The average molecular weight is 243 g/mol. The number of alkyl halides is 1. The molecule has 1 N–H and O–H groups in total. The Labute approximate surface area is 86.0 Å². The van der Waals surface area contributed by atoms with Gasteiger partial charge in [-0.1, -0.05) is 28.1 Å². The molecule has 0 aliphatic heterocycles. The maximum Gasteiger partial charge on any atom is 0.120 e. The number of allylic oxidation sites excluding steroid dienone is 1. The largest absolute Gasteiger partial charge is 0.508 e. The van der Waals surface area contributed by atoms with Crippen LogP contribution in [0.2, 0.25) is 0 Å². The molecule has 0 aliphatic rings. The van der Waals surface area contributed by atoms with Gasteiger partial charge in [0.1, 0.15) is 18.1 Å². The van der Waals surface area contributed by atoms with E-state index in [2.05, 4.69) is 15.9 Å². The lowest BCUT2D eigenvalue weighted by atomic mass is 10.3. The van der Waals surface area contributed by atoms with Crippen molar-refractivity contribution in [1.82, 2.24) is 0 Å². The third-order valence-electron chi connectivity index (χ3n) is 1.44. The second kappa shape index (κ2) is 5.65. The van der Waals surface area contributed by atoms with Gasteiger partial charge in [-0.15, -0.1) is 0 Å². The highest BCUT2D eigenvalue weighted by atomic mass is 79.9. The summed E-state index contributed by atoms with van der Waals surface area (Å²) >= 11 is 3.27. The molecule has 0 radical (unpaired) electrons. The monoisotopic (exact) mass is 242 g/mol. The lowest BCUT2D eigenvalue weighted by Gasteiger charge is -2.01. The molecule has 70 valence electrons. The van der Waals surface area contributed by atoms with E-state index in [9.17, 15) is 0 Å². The number of halogens is 1. The van der Waals surface area contributed by atoms with Gasteiger partial charge >= 0.3 is 0 Å². The Bertz CT molecular complexity index is 267. The summed E-state index contributed by atoms with van der Waals surface area (Å²) in [4.78, 5) is 0. The highest BCUT2D eigenvalue weighted by Crippen LogP contribution is 2.15. The summed E-state index contributed by atoms with van der Waals surface area (Å²) in [7, 11) is 0. The molecule has 0 heterocycles. The normalized spacial score (nSPS) is 10.5. The van der Waals surface area contributed by atoms with Gasteiger partial charge in [0.15, 0.2) is 0 Å². The number of phenolic OH excluding ortho intramolecular Hbond substituents is 1. The summed E-state index contributed by atoms with van der Waals surface area (Å²) in [5.74, 6) is 1.01. The fraction of sp³-hybridized carbons (Fsp3) is 0.200. The van der Waals surface area contributed by atoms with Gasteiger partial charge in [-0.3, -0.25) is 0 Å². The van der Waals surface area contributed by atoms with Gasteiger partial charge in [-0.25, -0.2) is 0 Å². The molecule has 0 bridgehead atoms. The van der Waals surface area contributed by atoms with Crippen molar-refractivity contribution in [3.8, 4) is 11.5 Å². The number of hydrogen-bond acceptors (Lipinski definition) is 2. The molecule has 0 saturated carbocycles. The quantitative estimate of drug-likeness (QED) is 0.650. The minimum atomic E-state index is 0.253. The van der Waals surface area contributed by atoms with E-state index in [1.807, 2.05) is 12.2 Å². The average Bonchev–Trinajstić information content (AvgIpc) is 2.15. The summed E-state index contributed by atoms with van der Waals surface area (Å²) in [6, 6.07) is 6.67. The number of rotatable bonds is 4. The fourth-order valence-electron chi connectivity index (χ4n) is 0.818. The van der Waals surface area contributed by atoms with Gasteiger partial charge < -0.3 is 9.84 Å². The number of hydrogen-bond donors (Lipinski definition) is 1. The fourth-order valence-corrected chi connectivity index (χ4v) is 1.08. The molecule has 0 amide bonds. The van der Waals surface area contributed by atoms with Crippen LogP contribution in [0.3, 0.4) is 0 Å². The van der Waals surface area contributed by atoms with Crippen LogP contribution < -0.4 is 4.74 Å². The molecule has 0 aliphatic carbocycles. The van der Waals surface area contributed by atoms with E-state index >= 15 is 0 Å². The number of benzene rings is 1. The summed E-state index contributed by atoms with van der Waals surface area (Å²) in [5, 5.41) is 9.83. The first-order valence-electron chi connectivity index (χ1n) is 3.95. The zero-order valence-corrected chi connectivity index (χ0v) is 8.70. The highest BCUT2D eigenvalue weighted by molar-refractivity contribution is 9.09. The molecule has 0 fully saturated rings. The lowest BCUT2D eigenvalue weighted by Crippen LogP contribution is -1.92. The van der Waals surface area contributed by atoms with Gasteiger partial charge in [-0.2, -0.15) is 0 Å². The van der Waals surface area contributed by atoms with Crippen molar-refractivity contribution in [2.24, 2.45) is 0 Å². The van der Waals surface area contributed by atoms with Gasteiger partial charge in [0.25, 0.3) is 0 Å². The van der Waals surface area contributed by atoms with Crippen LogP contribution >= 0.6 is 15.9 Å². The van der Waals surface area contributed by atoms with Crippen LogP contribution in [0.1, 0.15) is 0 Å². The van der Waals surface area contributed by atoms with Crippen LogP contribution in [0.15, 0.2) is 36.4 Å². The number of aromatic hydroxyl groups is 1. The van der Waals surface area contributed by atoms with Crippen LogP contribution in [0.4, 0.5) is 0 Å². The molecule has 0 saturated heterocycles. The van der Waals surface area contributed by atoms with Crippen LogP contribution in [-0.4, -0.2) is 17.0 Å². The predicted octanol–water partition coefficient (Wildman–Crippen LogP) is 2.72. The standard InChI is InChI=1S/C10H11BrO2/c11-7-1-2-8-13-10-5-3-9(12)4-6-10/h1-6,12H,7-8H2/b2-1+. The van der Waals surface area contributed by atoms with Gasteiger partial charge in [0, 0.05) is 5.33 Å². The van der Waals surface area contributed by atoms with Crippen molar-refractivity contribution in [2.75, 3.05) is 11.9 Å². The molecule has 0 unspecified atom stereocenters. The van der Waals surface area contributed by atoms with E-state index in [-0.39, 0.29) is 5.75 Å². The Morgan fingerprint density at radius 3 is 2.54 bits per heavy atom. The van der Waals surface area contributed by atoms with Crippen molar-refractivity contribution in [1.29, 1.82) is 0 Å². The molecule has 0 spiro atoms. The molecule has 0 atom stereocenters. The first kappa shape index (κ1) is 10.1. The lowest BCUT2D eigenvalue weighted by molar-refractivity contribution is 0.361. The SMILES string of the molecule is Oc1ccc(OC/C=C/CBr)cc1. The molecular weight excluding hydrogens is 232 g/mol. The second-order valence-corrected chi connectivity index (χ2v) is 3.08. The second-order valence-electron chi connectivity index (χ2n) is 2.43. The van der Waals surface area contributed by atoms with Crippen molar-refractivity contribution in [3.63, 3.8) is 0 Å². The van der Waals surface area contributed by atoms with E-state index in [4.69, 9.17) is 9.84 Å². The number of phenols is 1. The van der Waals surface area contributed by atoms with Crippen LogP contribution in [0.25, 0.3) is 0 Å². The predicted molar refractivity (Wildman–Crippen MR) is 56.5 cm³/mol. The minimum Gasteiger partial charge on any atom is -0.508 e. The molecule has 13 heavy (non-hydrogen) atoms. The molecule has 1 aromatic rings. The van der Waals surface area contributed by atoms with Crippen molar-refractivity contribution in [2.45, 2.75) is 0 Å².